The normalized spacial score (nSPS) is 9.00. The Morgan fingerprint density at radius 3 is 2.00 bits per heavy atom. The molecule has 0 amide bonds. The van der Waals surface area contributed by atoms with Crippen molar-refractivity contribution < 1.29 is 32.2 Å². The summed E-state index contributed by atoms with van der Waals surface area (Å²) in [6.07, 6.45) is 0. The maximum atomic E-state index is 9.22. The molecule has 0 rings (SSSR count). The summed E-state index contributed by atoms with van der Waals surface area (Å²) in [5, 5.41) is 7.64. The molecule has 0 aromatic carbocycles. The van der Waals surface area contributed by atoms with Gasteiger partial charge in [0.15, 0.2) is 0 Å². The molecule has 0 fully saturated rings. The fourth-order valence-electron chi connectivity index (χ4n) is 0.0460. The number of hydrogen-bond donors (Lipinski definition) is 0. The molecule has 0 aliphatic heterocycles. The fourth-order valence-corrected chi connectivity index (χ4v) is 0.239. The SMILES string of the molecule is O=[N+]([O-])O[Br+2]([O-])[O-]. The highest BCUT2D eigenvalue weighted by atomic mass is 80.0. The van der Waals surface area contributed by atoms with E-state index in [2.05, 4.69) is 3.93 Å². The molecule has 0 saturated carbocycles. The molecule has 7 heteroatoms. The second kappa shape index (κ2) is 2.72. The second-order valence-corrected chi connectivity index (χ2v) is 1.56. The first-order chi connectivity index (χ1) is 3.13. The second-order valence-electron chi connectivity index (χ2n) is 0.482. The van der Waals surface area contributed by atoms with Gasteiger partial charge in [-0.15, -0.1) is 10.1 Å². The van der Waals surface area contributed by atoms with Crippen molar-refractivity contribution in [3.63, 3.8) is 0 Å². The van der Waals surface area contributed by atoms with E-state index in [0.29, 0.717) is 0 Å². The molecule has 0 atom stereocenters. The third kappa shape index (κ3) is 5.60. The van der Waals surface area contributed by atoms with Gasteiger partial charge in [-0.2, -0.15) is 0 Å². The van der Waals surface area contributed by atoms with E-state index >= 15 is 0 Å². The Kier molecular flexibility index (Phi) is 2.56. The van der Waals surface area contributed by atoms with Crippen LogP contribution in [0.25, 0.3) is 0 Å². The molecule has 0 unspecified atom stereocenters. The van der Waals surface area contributed by atoms with Gasteiger partial charge >= 0.3 is 19.9 Å². The Morgan fingerprint density at radius 1 is 1.57 bits per heavy atom. The van der Waals surface area contributed by atoms with Crippen LogP contribution in [0.15, 0.2) is 0 Å². The van der Waals surface area contributed by atoms with Crippen LogP contribution in [0.3, 0.4) is 0 Å². The molecule has 6 nitrogen and oxygen atoms in total. The van der Waals surface area contributed by atoms with Crippen LogP contribution in [0, 0.1) is 24.9 Å². The zero-order chi connectivity index (χ0) is 5.86. The van der Waals surface area contributed by atoms with Gasteiger partial charge < -0.3 is 8.40 Å². The molecule has 0 aromatic rings. The van der Waals surface area contributed by atoms with Crippen molar-refractivity contribution in [2.45, 2.75) is 0 Å². The standard InChI is InChI=1S/BrNO5/c3-1(4)7-2(5)6. The van der Waals surface area contributed by atoms with Crippen LogP contribution in [-0.2, 0) is 3.93 Å². The number of nitrogens with zero attached hydrogens (tertiary/aromatic N) is 1. The van der Waals surface area contributed by atoms with E-state index in [0.717, 1.165) is 0 Å². The Labute approximate surface area is 43.2 Å². The smallest absolute Gasteiger partial charge is 0.368 e. The van der Waals surface area contributed by atoms with E-state index < -0.39 is 19.9 Å². The number of rotatable bonds is 2. The number of halogens is 1. The molecule has 0 spiro atoms. The third-order valence-electron chi connectivity index (χ3n) is 0.113. The van der Waals surface area contributed by atoms with Crippen molar-refractivity contribution >= 4 is 0 Å². The summed E-state index contributed by atoms with van der Waals surface area (Å²) in [5.41, 5.74) is 0. The maximum absolute atomic E-state index is 9.22. The zero-order valence-corrected chi connectivity index (χ0v) is 4.45. The molecule has 0 aliphatic carbocycles. The predicted octanol–water partition coefficient (Wildman–Crippen LogP) is -2.72. The molecule has 7 heavy (non-hydrogen) atoms. The first-order valence-corrected chi connectivity index (χ1v) is 2.95. The first-order valence-electron chi connectivity index (χ1n) is 1.01. The monoisotopic (exact) mass is 173 g/mol. The topological polar surface area (TPSA) is 98.5 Å². The molecule has 0 saturated heterocycles. The highest BCUT2D eigenvalue weighted by Gasteiger charge is 2.15. The lowest BCUT2D eigenvalue weighted by Gasteiger charge is -1.80. The maximum Gasteiger partial charge on any atom is 0.511 e. The van der Waals surface area contributed by atoms with Gasteiger partial charge in [-0.3, -0.25) is 0 Å². The minimum absolute atomic E-state index is 1.38. The van der Waals surface area contributed by atoms with Crippen molar-refractivity contribution in [3.8, 4) is 0 Å². The lowest BCUT2D eigenvalue weighted by atomic mass is 13.1. The van der Waals surface area contributed by atoms with Crippen LogP contribution < -0.4 is 8.40 Å². The van der Waals surface area contributed by atoms with Crippen molar-refractivity contribution in [3.05, 3.63) is 10.1 Å². The summed E-state index contributed by atoms with van der Waals surface area (Å²) < 4.78 is 21.4. The van der Waals surface area contributed by atoms with E-state index in [-0.39, 0.29) is 0 Å². The molecule has 0 N–H and O–H groups in total. The van der Waals surface area contributed by atoms with Crippen LogP contribution in [0.1, 0.15) is 0 Å². The first kappa shape index (κ1) is 6.60. The van der Waals surface area contributed by atoms with Crippen molar-refractivity contribution in [2.75, 3.05) is 0 Å². The molecule has 0 aliphatic rings. The zero-order valence-electron chi connectivity index (χ0n) is 2.87. The van der Waals surface area contributed by atoms with Crippen molar-refractivity contribution in [1.82, 2.24) is 0 Å². The average Bonchev–Trinajstić information content (AvgIpc) is 1.27. The Hall–Kier alpha value is -0.400. The minimum atomic E-state index is -3.65. The van der Waals surface area contributed by atoms with Crippen LogP contribution >= 0.6 is 0 Å². The van der Waals surface area contributed by atoms with E-state index in [9.17, 15) is 8.40 Å². The third-order valence-corrected chi connectivity index (χ3v) is 0.586. The quantitative estimate of drug-likeness (QED) is 0.334. The minimum Gasteiger partial charge on any atom is -0.368 e. The molecule has 0 heterocycles. The van der Waals surface area contributed by atoms with Gasteiger partial charge in [0.25, 0.3) is 0 Å². The Balaban J connectivity index is 3.13. The highest BCUT2D eigenvalue weighted by Crippen LogP contribution is 1.73. The van der Waals surface area contributed by atoms with Crippen LogP contribution in [0.5, 0.6) is 0 Å². The largest absolute Gasteiger partial charge is 0.511 e. The Morgan fingerprint density at radius 2 is 2.00 bits per heavy atom. The summed E-state index contributed by atoms with van der Waals surface area (Å²) in [4.78, 5) is 9.02. The summed E-state index contributed by atoms with van der Waals surface area (Å²) in [6, 6.07) is 0. The van der Waals surface area contributed by atoms with Crippen LogP contribution in [0.2, 0.25) is 0 Å². The van der Waals surface area contributed by atoms with E-state index in [4.69, 9.17) is 10.1 Å². The average molecular weight is 174 g/mol. The van der Waals surface area contributed by atoms with Gasteiger partial charge in [0.05, 0.1) is 3.93 Å². The van der Waals surface area contributed by atoms with Crippen molar-refractivity contribution in [1.29, 1.82) is 0 Å². The van der Waals surface area contributed by atoms with Crippen molar-refractivity contribution in [2.24, 2.45) is 0 Å². The molecule has 0 radical (unpaired) electrons. The highest BCUT2D eigenvalue weighted by molar-refractivity contribution is 3.84. The summed E-state index contributed by atoms with van der Waals surface area (Å²) in [5.74, 6) is 0. The summed E-state index contributed by atoms with van der Waals surface area (Å²) >= 11 is -3.65. The van der Waals surface area contributed by atoms with Gasteiger partial charge in [0.1, 0.15) is 0 Å². The van der Waals surface area contributed by atoms with Gasteiger partial charge in [-0.1, -0.05) is 0 Å². The lowest BCUT2D eigenvalue weighted by molar-refractivity contribution is -1.67. The van der Waals surface area contributed by atoms with Gasteiger partial charge in [-0.05, 0) is 0 Å². The predicted molar refractivity (Wildman–Crippen MR) is 8.08 cm³/mol. The lowest BCUT2D eigenvalue weighted by Crippen LogP contribution is -2.35. The molecular formula is BrNO5. The molecule has 0 bridgehead atoms. The number of hydrogen-bond acceptors (Lipinski definition) is 5. The van der Waals surface area contributed by atoms with E-state index in [1.807, 2.05) is 0 Å². The summed E-state index contributed by atoms with van der Waals surface area (Å²) in [6.45, 7) is 0. The van der Waals surface area contributed by atoms with Gasteiger partial charge in [0, 0.05) is 0 Å². The van der Waals surface area contributed by atoms with E-state index in [1.165, 1.54) is 0 Å². The molecule has 0 aromatic heterocycles. The van der Waals surface area contributed by atoms with Gasteiger partial charge in [0.2, 0.25) is 0 Å². The fraction of sp³-hybridized carbons (Fsp3) is 0. The van der Waals surface area contributed by atoms with Gasteiger partial charge in [-0.25, -0.2) is 0 Å². The Bertz CT molecular complexity index is 68.5. The van der Waals surface area contributed by atoms with Crippen LogP contribution in [-0.4, -0.2) is 5.09 Å². The van der Waals surface area contributed by atoms with Crippen LogP contribution in [0.4, 0.5) is 0 Å². The van der Waals surface area contributed by atoms with E-state index in [1.54, 1.807) is 0 Å². The summed E-state index contributed by atoms with van der Waals surface area (Å²) in [7, 11) is 0. The molecule has 42 valence electrons. The molecular weight excluding hydrogens is 174 g/mol.